The summed E-state index contributed by atoms with van der Waals surface area (Å²) in [6.45, 7) is 0. The number of alkyl halides is 17. The van der Waals surface area contributed by atoms with Crippen LogP contribution in [0.4, 0.5) is 86.0 Å². The van der Waals surface area contributed by atoms with E-state index in [0.29, 0.717) is 6.07 Å². The summed E-state index contributed by atoms with van der Waals surface area (Å²) in [5, 5.41) is -2.32. The lowest BCUT2D eigenvalue weighted by molar-refractivity contribution is -0.462. The second-order valence-electron chi connectivity index (χ2n) is 12.3. The van der Waals surface area contributed by atoms with E-state index in [1.165, 1.54) is 24.3 Å². The van der Waals surface area contributed by atoms with Crippen molar-refractivity contribution in [3.05, 3.63) is 107 Å². The van der Waals surface area contributed by atoms with Gasteiger partial charge in [0.15, 0.2) is 0 Å². The summed E-state index contributed by atoms with van der Waals surface area (Å²) in [7, 11) is 0. The van der Waals surface area contributed by atoms with Crippen LogP contribution in [0.15, 0.2) is 78.9 Å². The average molecular weight is 836 g/mol. The summed E-state index contributed by atoms with van der Waals surface area (Å²) >= 11 is 0. The van der Waals surface area contributed by atoms with Crippen LogP contribution >= 0.6 is 0 Å². The molecule has 0 radical (unpaired) electrons. The number of nitrogens with zero attached hydrogens (tertiary/aromatic N) is 2. The first kappa shape index (κ1) is 40.9. The maximum absolute atomic E-state index is 16.3. The predicted molar refractivity (Wildman–Crippen MR) is 159 cm³/mol. The smallest absolute Gasteiger partial charge is 0.268 e. The quantitative estimate of drug-likeness (QED) is 0.124. The molecule has 0 fully saturated rings. The van der Waals surface area contributed by atoms with Crippen LogP contribution < -0.4 is 9.80 Å². The highest BCUT2D eigenvalue weighted by Gasteiger charge is 2.95. The third-order valence-electron chi connectivity index (χ3n) is 9.09. The lowest BCUT2D eigenvalue weighted by Gasteiger charge is -2.43. The van der Waals surface area contributed by atoms with Crippen LogP contribution in [-0.2, 0) is 5.92 Å². The minimum atomic E-state index is -8.94. The van der Waals surface area contributed by atoms with E-state index < -0.39 is 127 Å². The van der Waals surface area contributed by atoms with Gasteiger partial charge in [0.25, 0.3) is 23.6 Å². The van der Waals surface area contributed by atoms with E-state index in [2.05, 4.69) is 0 Å². The van der Waals surface area contributed by atoms with Crippen molar-refractivity contribution in [1.82, 2.24) is 0 Å². The predicted octanol–water partition coefficient (Wildman–Crippen LogP) is 9.91. The molecule has 6 nitrogen and oxygen atoms in total. The molecular weight excluding hydrogens is 823 g/mol. The molecule has 4 aromatic carbocycles. The van der Waals surface area contributed by atoms with Gasteiger partial charge in [-0.25, -0.2) is 9.80 Å². The molecule has 0 atom stereocenters. The van der Waals surface area contributed by atoms with Crippen molar-refractivity contribution < 1.29 is 93.8 Å². The highest BCUT2D eigenvalue weighted by molar-refractivity contribution is 6.42. The van der Waals surface area contributed by atoms with E-state index in [0.717, 1.165) is 42.5 Å². The van der Waals surface area contributed by atoms with Crippen molar-refractivity contribution in [1.29, 1.82) is 0 Å². The normalized spacial score (nSPS) is 16.2. The van der Waals surface area contributed by atoms with Gasteiger partial charge in [0.05, 0.1) is 16.9 Å². The van der Waals surface area contributed by atoms with Gasteiger partial charge in [0.1, 0.15) is 0 Å². The Morgan fingerprint density at radius 2 is 0.719 bits per heavy atom. The van der Waals surface area contributed by atoms with Crippen molar-refractivity contribution >= 4 is 45.8 Å². The molecule has 57 heavy (non-hydrogen) atoms. The van der Waals surface area contributed by atoms with Gasteiger partial charge >= 0.3 is 47.6 Å². The summed E-state index contributed by atoms with van der Waals surface area (Å²) < 4.78 is 244. The molecule has 0 aromatic heterocycles. The first-order chi connectivity index (χ1) is 25.9. The Kier molecular flexibility index (Phi) is 8.69. The fourth-order valence-electron chi connectivity index (χ4n) is 6.17. The van der Waals surface area contributed by atoms with Crippen molar-refractivity contribution in [3.8, 4) is 0 Å². The molecule has 0 aliphatic carbocycles. The largest absolute Gasteiger partial charge is 0.460 e. The lowest BCUT2D eigenvalue weighted by Crippen LogP contribution is -2.74. The standard InChI is InChI=1S/C34H13F17N2O4/c35-27(36,28(37,38)29(39,40)30(41,42)31(43,44)32(45,46)33(47,48)34(49,50)51)19-13-18-20-16(23(54)52(25(18)56)14-7-3-1-4-8-14)11-12-17-21(20)22(19)26(57)53(24(17)55)15-9-5-2-6-10-15/h1-13H. The Hall–Kier alpha value is -5.77. The first-order valence-corrected chi connectivity index (χ1v) is 15.2. The average Bonchev–Trinajstić information content (AvgIpc) is 3.12. The van der Waals surface area contributed by atoms with Gasteiger partial charge in [-0.2, -0.15) is 74.6 Å². The maximum Gasteiger partial charge on any atom is 0.460 e. The summed E-state index contributed by atoms with van der Waals surface area (Å²) in [5.74, 6) is -66.3. The van der Waals surface area contributed by atoms with Crippen LogP contribution in [0.5, 0.6) is 0 Å². The third-order valence-corrected chi connectivity index (χ3v) is 9.09. The molecule has 2 heterocycles. The molecule has 0 unspecified atom stereocenters. The molecule has 2 aliphatic heterocycles. The number of para-hydroxylation sites is 2. The molecule has 302 valence electrons. The monoisotopic (exact) mass is 836 g/mol. The maximum atomic E-state index is 16.3. The zero-order valence-electron chi connectivity index (χ0n) is 27.0. The van der Waals surface area contributed by atoms with Crippen molar-refractivity contribution in [2.24, 2.45) is 0 Å². The Bertz CT molecular complexity index is 2380. The summed E-state index contributed by atoms with van der Waals surface area (Å²) in [4.78, 5) is 55.1. The molecule has 4 amide bonds. The molecule has 6 rings (SSSR count). The molecule has 0 saturated heterocycles. The van der Waals surface area contributed by atoms with Gasteiger partial charge in [-0.15, -0.1) is 0 Å². The van der Waals surface area contributed by atoms with Crippen LogP contribution in [-0.4, -0.2) is 65.3 Å². The number of rotatable bonds is 9. The molecular formula is C34H13F17N2O4. The number of imide groups is 2. The number of amides is 4. The molecule has 0 spiro atoms. The van der Waals surface area contributed by atoms with Gasteiger partial charge in [-0.1, -0.05) is 36.4 Å². The number of anilines is 2. The SMILES string of the molecule is O=C1c2ccc3c4c(c(C(F)(F)C(F)(F)C(F)(F)C(F)(F)C(F)(F)C(F)(F)C(F)(F)C(F)(F)F)cc(c24)C(=O)N1c1ccccc1)C(=O)N(c1ccccc1)C3=O. The highest BCUT2D eigenvalue weighted by atomic mass is 19.4. The van der Waals surface area contributed by atoms with Crippen LogP contribution in [0.2, 0.25) is 0 Å². The molecule has 0 saturated carbocycles. The second kappa shape index (κ2) is 12.1. The topological polar surface area (TPSA) is 74.8 Å². The Labute approximate surface area is 304 Å². The van der Waals surface area contributed by atoms with Crippen molar-refractivity contribution in [3.63, 3.8) is 0 Å². The number of hydrogen-bond acceptors (Lipinski definition) is 4. The number of carbonyl (C=O) groups is 4. The fraction of sp³-hybridized carbons (Fsp3) is 0.235. The highest BCUT2D eigenvalue weighted by Crippen LogP contribution is 2.65. The van der Waals surface area contributed by atoms with E-state index in [4.69, 9.17) is 0 Å². The minimum absolute atomic E-state index is 0.0689. The third kappa shape index (κ3) is 5.04. The van der Waals surface area contributed by atoms with E-state index in [1.807, 2.05) is 0 Å². The van der Waals surface area contributed by atoms with E-state index >= 15 is 26.3 Å². The summed E-state index contributed by atoms with van der Waals surface area (Å²) in [5.41, 5.74) is -9.21. The van der Waals surface area contributed by atoms with Crippen molar-refractivity contribution in [2.75, 3.05) is 9.80 Å². The van der Waals surface area contributed by atoms with Crippen LogP contribution in [0.1, 0.15) is 47.0 Å². The van der Waals surface area contributed by atoms with Crippen LogP contribution in [0.25, 0.3) is 10.8 Å². The van der Waals surface area contributed by atoms with Gasteiger partial charge in [-0.05, 0) is 42.5 Å². The van der Waals surface area contributed by atoms with Gasteiger partial charge < -0.3 is 0 Å². The second-order valence-corrected chi connectivity index (χ2v) is 12.3. The van der Waals surface area contributed by atoms with Crippen molar-refractivity contribution in [2.45, 2.75) is 47.6 Å². The van der Waals surface area contributed by atoms with Gasteiger partial charge in [-0.3, -0.25) is 19.2 Å². The Balaban J connectivity index is 1.66. The lowest BCUT2D eigenvalue weighted by atomic mass is 9.79. The molecule has 2 aliphatic rings. The summed E-state index contributed by atoms with van der Waals surface area (Å²) in [6.07, 6.45) is -7.95. The number of benzene rings is 4. The fourth-order valence-corrected chi connectivity index (χ4v) is 6.17. The number of hydrogen-bond donors (Lipinski definition) is 0. The molecule has 23 heteroatoms. The van der Waals surface area contributed by atoms with Gasteiger partial charge in [0, 0.05) is 33.0 Å². The Morgan fingerprint density at radius 3 is 1.14 bits per heavy atom. The number of carbonyl (C=O) groups excluding carboxylic acids is 4. The van der Waals surface area contributed by atoms with E-state index in [1.54, 1.807) is 0 Å². The zero-order chi connectivity index (χ0) is 42.9. The first-order valence-electron chi connectivity index (χ1n) is 15.2. The van der Waals surface area contributed by atoms with E-state index in [-0.39, 0.29) is 9.80 Å². The zero-order valence-corrected chi connectivity index (χ0v) is 27.0. The van der Waals surface area contributed by atoms with Crippen LogP contribution in [0.3, 0.4) is 0 Å². The van der Waals surface area contributed by atoms with E-state index in [9.17, 15) is 67.5 Å². The summed E-state index contributed by atoms with van der Waals surface area (Å²) in [6, 6.07) is 12.0. The van der Waals surface area contributed by atoms with Gasteiger partial charge in [0.2, 0.25) is 0 Å². The minimum Gasteiger partial charge on any atom is -0.268 e. The molecule has 0 bridgehead atoms. The molecule has 0 N–H and O–H groups in total. The Morgan fingerprint density at radius 1 is 0.368 bits per heavy atom. The van der Waals surface area contributed by atoms with Crippen LogP contribution in [0, 0.1) is 0 Å². The molecule has 4 aromatic rings. The number of halogens is 17.